The Balaban J connectivity index is 0.000000173. The van der Waals surface area contributed by atoms with Crippen LogP contribution < -0.4 is 4.90 Å². The highest BCUT2D eigenvalue weighted by Crippen LogP contribution is 2.44. The maximum atomic E-state index is 6.22. The van der Waals surface area contributed by atoms with Crippen LogP contribution in [0.1, 0.15) is 0 Å². The molecule has 14 aromatic rings. The van der Waals surface area contributed by atoms with Crippen LogP contribution in [0.25, 0.3) is 110 Å². The van der Waals surface area contributed by atoms with E-state index >= 15 is 0 Å². The van der Waals surface area contributed by atoms with Crippen molar-refractivity contribution in [1.82, 2.24) is 0 Å². The second-order valence-corrected chi connectivity index (χ2v) is 18.2. The van der Waals surface area contributed by atoms with Gasteiger partial charge in [-0.3, -0.25) is 0 Å². The first kappa shape index (κ1) is 39.9. The molecule has 0 aliphatic heterocycles. The first-order chi connectivity index (χ1) is 33.6. The first-order valence-corrected chi connectivity index (χ1v) is 23.7. The molecule has 0 radical (unpaired) electrons. The summed E-state index contributed by atoms with van der Waals surface area (Å²) >= 11 is 3.50. The Morgan fingerprint density at radius 1 is 0.279 bits per heavy atom. The maximum Gasteiger partial charge on any atom is 0.136 e. The molecule has 0 saturated carbocycles. The molecule has 0 bridgehead atoms. The molecule has 0 saturated heterocycles. The number of nitrogens with zero attached hydrogens (tertiary/aromatic N) is 1. The summed E-state index contributed by atoms with van der Waals surface area (Å²) in [5, 5.41) is 9.77. The third-order valence-electron chi connectivity index (χ3n) is 13.4. The van der Waals surface area contributed by atoms with Gasteiger partial charge in [-0.1, -0.05) is 180 Å². The van der Waals surface area contributed by atoms with Crippen molar-refractivity contribution in [2.24, 2.45) is 0 Å². The molecular formula is C64H40BrNO2. The lowest BCUT2D eigenvalue weighted by molar-refractivity contribution is 0.669. The quantitative estimate of drug-likeness (QED) is 0.149. The van der Waals surface area contributed by atoms with Gasteiger partial charge in [-0.15, -0.1) is 0 Å². The molecular weight excluding hydrogens is 895 g/mol. The van der Waals surface area contributed by atoms with E-state index in [2.05, 4.69) is 251 Å². The van der Waals surface area contributed by atoms with Crippen LogP contribution in [0.15, 0.2) is 256 Å². The average molecular weight is 935 g/mol. The van der Waals surface area contributed by atoms with Crippen LogP contribution in [0, 0.1) is 0 Å². The van der Waals surface area contributed by atoms with Crippen LogP contribution >= 0.6 is 15.9 Å². The minimum Gasteiger partial charge on any atom is -0.456 e. The molecule has 4 heteroatoms. The van der Waals surface area contributed by atoms with Gasteiger partial charge in [0, 0.05) is 43.1 Å². The van der Waals surface area contributed by atoms with Gasteiger partial charge in [0.1, 0.15) is 22.3 Å². The molecule has 320 valence electrons. The van der Waals surface area contributed by atoms with Crippen molar-refractivity contribution < 1.29 is 8.83 Å². The predicted molar refractivity (Wildman–Crippen MR) is 289 cm³/mol. The number of halogens is 1. The van der Waals surface area contributed by atoms with E-state index in [4.69, 9.17) is 8.83 Å². The summed E-state index contributed by atoms with van der Waals surface area (Å²) in [5.74, 6) is 0. The second kappa shape index (κ2) is 16.5. The Hall–Kier alpha value is -8.44. The van der Waals surface area contributed by atoms with Gasteiger partial charge in [0.15, 0.2) is 0 Å². The molecule has 2 aromatic heterocycles. The molecule has 12 aromatic carbocycles. The highest BCUT2D eigenvalue weighted by atomic mass is 79.9. The highest BCUT2D eigenvalue weighted by Gasteiger charge is 2.19. The van der Waals surface area contributed by atoms with Gasteiger partial charge in [0.2, 0.25) is 0 Å². The van der Waals surface area contributed by atoms with E-state index in [1.54, 1.807) is 0 Å². The van der Waals surface area contributed by atoms with Crippen LogP contribution in [0.2, 0.25) is 0 Å². The molecule has 3 nitrogen and oxygen atoms in total. The zero-order chi connectivity index (χ0) is 45.1. The van der Waals surface area contributed by atoms with Crippen molar-refractivity contribution in [3.05, 3.63) is 247 Å². The Labute approximate surface area is 401 Å². The van der Waals surface area contributed by atoms with Crippen LogP contribution in [-0.2, 0) is 0 Å². The van der Waals surface area contributed by atoms with E-state index in [0.29, 0.717) is 0 Å². The number of benzene rings is 12. The largest absolute Gasteiger partial charge is 0.456 e. The lowest BCUT2D eigenvalue weighted by Gasteiger charge is -2.26. The minimum absolute atomic E-state index is 0.936. The van der Waals surface area contributed by atoms with Crippen LogP contribution in [0.3, 0.4) is 0 Å². The smallest absolute Gasteiger partial charge is 0.136 e. The average Bonchev–Trinajstić information content (AvgIpc) is 3.99. The molecule has 0 fully saturated rings. The molecule has 0 aliphatic carbocycles. The summed E-state index contributed by atoms with van der Waals surface area (Å²) in [6.07, 6.45) is 0. The van der Waals surface area contributed by atoms with E-state index < -0.39 is 0 Å². The predicted octanol–water partition coefficient (Wildman–Crippen LogP) is 19.3. The van der Waals surface area contributed by atoms with E-state index in [1.165, 1.54) is 87.6 Å². The van der Waals surface area contributed by atoms with Gasteiger partial charge in [0.05, 0.1) is 0 Å². The Kier molecular flexibility index (Phi) is 9.66. The van der Waals surface area contributed by atoms with Crippen LogP contribution in [0.5, 0.6) is 0 Å². The second-order valence-electron chi connectivity index (χ2n) is 17.3. The molecule has 0 amide bonds. The van der Waals surface area contributed by atoms with Crippen molar-refractivity contribution in [2.75, 3.05) is 4.90 Å². The third-order valence-corrected chi connectivity index (χ3v) is 13.9. The Bertz CT molecular complexity index is 3960. The fraction of sp³-hybridized carbons (Fsp3) is 0. The molecule has 0 atom stereocenters. The summed E-state index contributed by atoms with van der Waals surface area (Å²) in [4.78, 5) is 2.33. The molecule has 0 unspecified atom stereocenters. The first-order valence-electron chi connectivity index (χ1n) is 22.9. The number of hydrogen-bond acceptors (Lipinski definition) is 3. The maximum absolute atomic E-state index is 6.22. The number of furan rings is 2. The summed E-state index contributed by atoms with van der Waals surface area (Å²) in [6, 6.07) is 86.0. The highest BCUT2D eigenvalue weighted by molar-refractivity contribution is 9.10. The molecule has 0 N–H and O–H groups in total. The van der Waals surface area contributed by atoms with Crippen molar-refractivity contribution in [3.63, 3.8) is 0 Å². The number of hydrogen-bond donors (Lipinski definition) is 0. The molecule has 0 aliphatic rings. The van der Waals surface area contributed by atoms with Gasteiger partial charge in [0.25, 0.3) is 0 Å². The van der Waals surface area contributed by atoms with Gasteiger partial charge in [-0.05, 0) is 145 Å². The molecule has 14 rings (SSSR count). The fourth-order valence-electron chi connectivity index (χ4n) is 10.1. The van der Waals surface area contributed by atoms with E-state index in [9.17, 15) is 0 Å². The van der Waals surface area contributed by atoms with E-state index in [0.717, 1.165) is 43.9 Å². The van der Waals surface area contributed by atoms with Crippen molar-refractivity contribution >= 4 is 98.4 Å². The van der Waals surface area contributed by atoms with E-state index in [1.807, 2.05) is 12.1 Å². The van der Waals surface area contributed by atoms with Crippen molar-refractivity contribution in [2.45, 2.75) is 0 Å². The molecule has 2 heterocycles. The summed E-state index contributed by atoms with van der Waals surface area (Å²) in [5.41, 5.74) is 16.8. The summed E-state index contributed by atoms with van der Waals surface area (Å²) in [6.45, 7) is 0. The Morgan fingerprint density at radius 2 is 0.706 bits per heavy atom. The van der Waals surface area contributed by atoms with Crippen molar-refractivity contribution in [3.8, 4) is 44.5 Å². The van der Waals surface area contributed by atoms with Gasteiger partial charge < -0.3 is 13.7 Å². The number of anilines is 3. The zero-order valence-electron chi connectivity index (χ0n) is 36.7. The number of rotatable bonds is 7. The van der Waals surface area contributed by atoms with Crippen LogP contribution in [-0.4, -0.2) is 0 Å². The van der Waals surface area contributed by atoms with Crippen molar-refractivity contribution in [1.29, 1.82) is 0 Å². The zero-order valence-corrected chi connectivity index (χ0v) is 38.3. The SMILES string of the molecule is Brc1ccc(-c2ccc3oc4cccc5ccc2c3c54)cc1.c1ccc(-c2ccc(N(c3ccc(-c4ccccc4)cc3)c3ccc(-c4cc5cccc6oc7cccc4c7c56)cc3)cc2)cc1. The molecule has 0 spiro atoms. The third kappa shape index (κ3) is 6.88. The molecule has 68 heavy (non-hydrogen) atoms. The summed E-state index contributed by atoms with van der Waals surface area (Å²) in [7, 11) is 0. The summed E-state index contributed by atoms with van der Waals surface area (Å²) < 4.78 is 13.3. The topological polar surface area (TPSA) is 29.5 Å². The van der Waals surface area contributed by atoms with Gasteiger partial charge in [-0.25, -0.2) is 0 Å². The minimum atomic E-state index is 0.936. The van der Waals surface area contributed by atoms with Crippen LogP contribution in [0.4, 0.5) is 17.1 Å². The van der Waals surface area contributed by atoms with E-state index in [-0.39, 0.29) is 0 Å². The lowest BCUT2D eigenvalue weighted by atomic mass is 9.93. The standard InChI is InChI=1S/C44H29NO.C20H11BrO/c1-3-9-30(10-4-1)32-17-23-36(24-18-32)45(37-25-19-33(20-26-37)31-11-5-2-6-12-31)38-27-21-34(22-28-38)40-29-35-13-7-15-41-43(35)44-39(40)14-8-16-42(44)46-41;21-14-7-4-12(5-8-14)15-10-11-18-20-16(15)9-6-13-2-1-3-17(22-18)19(13)20/h1-29H;1-11H. The van der Waals surface area contributed by atoms with Gasteiger partial charge >= 0.3 is 0 Å². The monoisotopic (exact) mass is 933 g/mol. The normalized spacial score (nSPS) is 11.6. The lowest BCUT2D eigenvalue weighted by Crippen LogP contribution is -2.09. The Morgan fingerprint density at radius 3 is 1.28 bits per heavy atom. The fourth-order valence-corrected chi connectivity index (χ4v) is 10.4. The van der Waals surface area contributed by atoms with Gasteiger partial charge in [-0.2, -0.15) is 0 Å².